The lowest BCUT2D eigenvalue weighted by Crippen LogP contribution is -2.35. The molecule has 0 aliphatic carbocycles. The number of amides is 1. The Kier molecular flexibility index (Phi) is 6.48. The number of rotatable bonds is 8. The van der Waals surface area contributed by atoms with Crippen molar-refractivity contribution in [3.8, 4) is 0 Å². The standard InChI is InChI=1S/C12H17N3O4/c1-19-5-4-13-8-11(16)15-7-10-6-9(12(17)18)2-3-14-10/h2-3,6,13H,4-5,7-8H2,1H3,(H,15,16)(H,17,18). The van der Waals surface area contributed by atoms with E-state index in [2.05, 4.69) is 15.6 Å². The van der Waals surface area contributed by atoms with Crippen LogP contribution in [-0.4, -0.2) is 48.8 Å². The largest absolute Gasteiger partial charge is 0.478 e. The van der Waals surface area contributed by atoms with Crippen molar-refractivity contribution in [2.75, 3.05) is 26.8 Å². The SMILES string of the molecule is COCCNCC(=O)NCc1cc(C(=O)O)ccn1. The van der Waals surface area contributed by atoms with Crippen LogP contribution in [0.4, 0.5) is 0 Å². The molecule has 7 nitrogen and oxygen atoms in total. The zero-order valence-electron chi connectivity index (χ0n) is 10.7. The first-order chi connectivity index (χ1) is 9.13. The van der Waals surface area contributed by atoms with E-state index in [1.54, 1.807) is 7.11 Å². The predicted octanol–water partition coefficient (Wildman–Crippen LogP) is -0.368. The van der Waals surface area contributed by atoms with E-state index in [0.29, 0.717) is 18.8 Å². The molecule has 0 aliphatic rings. The molecule has 0 fully saturated rings. The van der Waals surface area contributed by atoms with Gasteiger partial charge in [-0.3, -0.25) is 9.78 Å². The molecule has 1 heterocycles. The fourth-order valence-corrected chi connectivity index (χ4v) is 1.34. The molecular formula is C12H17N3O4. The zero-order chi connectivity index (χ0) is 14.1. The van der Waals surface area contributed by atoms with Crippen LogP contribution in [0.5, 0.6) is 0 Å². The molecule has 7 heteroatoms. The van der Waals surface area contributed by atoms with E-state index in [9.17, 15) is 9.59 Å². The Morgan fingerprint density at radius 2 is 2.26 bits per heavy atom. The highest BCUT2D eigenvalue weighted by molar-refractivity contribution is 5.87. The number of aromatic nitrogens is 1. The van der Waals surface area contributed by atoms with Gasteiger partial charge in [-0.1, -0.05) is 0 Å². The molecule has 1 aromatic rings. The molecule has 0 saturated carbocycles. The second-order valence-electron chi connectivity index (χ2n) is 3.79. The number of carboxylic acids is 1. The summed E-state index contributed by atoms with van der Waals surface area (Å²) >= 11 is 0. The summed E-state index contributed by atoms with van der Waals surface area (Å²) in [6.45, 7) is 1.51. The number of methoxy groups -OCH3 is 1. The lowest BCUT2D eigenvalue weighted by atomic mass is 10.2. The van der Waals surface area contributed by atoms with Crippen LogP contribution >= 0.6 is 0 Å². The smallest absolute Gasteiger partial charge is 0.335 e. The minimum atomic E-state index is -1.02. The van der Waals surface area contributed by atoms with Crippen molar-refractivity contribution >= 4 is 11.9 Å². The van der Waals surface area contributed by atoms with E-state index >= 15 is 0 Å². The second kappa shape index (κ2) is 8.17. The van der Waals surface area contributed by atoms with Crippen molar-refractivity contribution in [2.24, 2.45) is 0 Å². The van der Waals surface area contributed by atoms with Gasteiger partial charge in [0.05, 0.1) is 31.0 Å². The number of nitrogens with one attached hydrogen (secondary N) is 2. The fourth-order valence-electron chi connectivity index (χ4n) is 1.34. The lowest BCUT2D eigenvalue weighted by Gasteiger charge is -2.06. The van der Waals surface area contributed by atoms with Crippen LogP contribution in [-0.2, 0) is 16.1 Å². The van der Waals surface area contributed by atoms with Gasteiger partial charge in [0.1, 0.15) is 0 Å². The molecule has 0 aliphatic heterocycles. The molecule has 0 atom stereocenters. The summed E-state index contributed by atoms with van der Waals surface area (Å²) in [5.74, 6) is -1.20. The Morgan fingerprint density at radius 3 is 2.95 bits per heavy atom. The predicted molar refractivity (Wildman–Crippen MR) is 67.8 cm³/mol. The van der Waals surface area contributed by atoms with Gasteiger partial charge in [0.25, 0.3) is 0 Å². The molecule has 0 unspecified atom stereocenters. The summed E-state index contributed by atoms with van der Waals surface area (Å²) in [5.41, 5.74) is 0.655. The van der Waals surface area contributed by atoms with Crippen LogP contribution in [0, 0.1) is 0 Å². The lowest BCUT2D eigenvalue weighted by molar-refractivity contribution is -0.120. The number of aromatic carboxylic acids is 1. The zero-order valence-corrected chi connectivity index (χ0v) is 10.7. The molecule has 19 heavy (non-hydrogen) atoms. The Labute approximate surface area is 111 Å². The van der Waals surface area contributed by atoms with E-state index in [1.165, 1.54) is 18.3 Å². The average molecular weight is 267 g/mol. The Hall–Kier alpha value is -1.99. The number of carboxylic acid groups (broad SMARTS) is 1. The van der Waals surface area contributed by atoms with Gasteiger partial charge in [0.2, 0.25) is 5.91 Å². The maximum Gasteiger partial charge on any atom is 0.335 e. The number of nitrogens with zero attached hydrogens (tertiary/aromatic N) is 1. The average Bonchev–Trinajstić information content (AvgIpc) is 2.41. The highest BCUT2D eigenvalue weighted by Crippen LogP contribution is 2.01. The van der Waals surface area contributed by atoms with Crippen LogP contribution in [0.2, 0.25) is 0 Å². The molecule has 1 amide bonds. The van der Waals surface area contributed by atoms with Gasteiger partial charge in [0, 0.05) is 19.9 Å². The second-order valence-corrected chi connectivity index (χ2v) is 3.79. The van der Waals surface area contributed by atoms with E-state index in [4.69, 9.17) is 9.84 Å². The number of hydrogen-bond donors (Lipinski definition) is 3. The van der Waals surface area contributed by atoms with Crippen LogP contribution in [0.25, 0.3) is 0 Å². The maximum atomic E-state index is 11.4. The van der Waals surface area contributed by atoms with E-state index < -0.39 is 5.97 Å². The van der Waals surface area contributed by atoms with Gasteiger partial charge in [0.15, 0.2) is 0 Å². The Morgan fingerprint density at radius 1 is 1.47 bits per heavy atom. The van der Waals surface area contributed by atoms with Crippen LogP contribution < -0.4 is 10.6 Å². The molecule has 3 N–H and O–H groups in total. The third-order valence-corrected chi connectivity index (χ3v) is 2.30. The monoisotopic (exact) mass is 267 g/mol. The first-order valence-electron chi connectivity index (χ1n) is 5.78. The molecule has 1 aromatic heterocycles. The van der Waals surface area contributed by atoms with Crippen LogP contribution in [0.15, 0.2) is 18.3 Å². The van der Waals surface area contributed by atoms with Crippen molar-refractivity contribution in [1.82, 2.24) is 15.6 Å². The van der Waals surface area contributed by atoms with Crippen LogP contribution in [0.1, 0.15) is 16.1 Å². The summed E-state index contributed by atoms with van der Waals surface area (Å²) in [6, 6.07) is 2.83. The van der Waals surface area contributed by atoms with Gasteiger partial charge >= 0.3 is 5.97 Å². The first-order valence-corrected chi connectivity index (χ1v) is 5.78. The number of hydrogen-bond acceptors (Lipinski definition) is 5. The van der Waals surface area contributed by atoms with Gasteiger partial charge in [-0.15, -0.1) is 0 Å². The van der Waals surface area contributed by atoms with Crippen LogP contribution in [0.3, 0.4) is 0 Å². The minimum absolute atomic E-state index is 0.150. The fraction of sp³-hybridized carbons (Fsp3) is 0.417. The summed E-state index contributed by atoms with van der Waals surface area (Å²) in [5, 5.41) is 14.4. The Bertz CT molecular complexity index is 437. The van der Waals surface area contributed by atoms with Gasteiger partial charge in [-0.25, -0.2) is 4.79 Å². The molecule has 0 bridgehead atoms. The van der Waals surface area contributed by atoms with Gasteiger partial charge in [-0.05, 0) is 12.1 Å². The third-order valence-electron chi connectivity index (χ3n) is 2.30. The van der Waals surface area contributed by atoms with Crippen molar-refractivity contribution in [3.63, 3.8) is 0 Å². The maximum absolute atomic E-state index is 11.4. The molecule has 0 radical (unpaired) electrons. The van der Waals surface area contributed by atoms with Crippen molar-refractivity contribution in [2.45, 2.75) is 6.54 Å². The number of ether oxygens (including phenoxy) is 1. The third kappa shape index (κ3) is 5.94. The molecule has 104 valence electrons. The number of pyridine rings is 1. The van der Waals surface area contributed by atoms with Crippen molar-refractivity contribution in [3.05, 3.63) is 29.6 Å². The summed E-state index contributed by atoms with van der Waals surface area (Å²) in [4.78, 5) is 26.2. The molecule has 0 spiro atoms. The molecule has 1 rings (SSSR count). The van der Waals surface area contributed by atoms with E-state index in [0.717, 1.165) is 0 Å². The summed E-state index contributed by atoms with van der Waals surface area (Å²) in [6.07, 6.45) is 1.40. The van der Waals surface area contributed by atoms with E-state index in [1.807, 2.05) is 0 Å². The topological polar surface area (TPSA) is 101 Å². The number of carbonyl (C=O) groups excluding carboxylic acids is 1. The van der Waals surface area contributed by atoms with Gasteiger partial charge in [-0.2, -0.15) is 0 Å². The minimum Gasteiger partial charge on any atom is -0.478 e. The number of carbonyl (C=O) groups is 2. The quantitative estimate of drug-likeness (QED) is 0.556. The molecular weight excluding hydrogens is 250 g/mol. The van der Waals surface area contributed by atoms with E-state index in [-0.39, 0.29) is 24.6 Å². The van der Waals surface area contributed by atoms with Gasteiger partial charge < -0.3 is 20.5 Å². The summed E-state index contributed by atoms with van der Waals surface area (Å²) < 4.78 is 4.83. The highest BCUT2D eigenvalue weighted by Gasteiger charge is 2.05. The summed E-state index contributed by atoms with van der Waals surface area (Å²) in [7, 11) is 1.59. The normalized spacial score (nSPS) is 10.2. The molecule has 0 aromatic carbocycles. The Balaban J connectivity index is 2.33. The first kappa shape index (κ1) is 15.1. The van der Waals surface area contributed by atoms with Crippen molar-refractivity contribution < 1.29 is 19.4 Å². The highest BCUT2D eigenvalue weighted by atomic mass is 16.5. The van der Waals surface area contributed by atoms with Crippen molar-refractivity contribution in [1.29, 1.82) is 0 Å². The molecule has 0 saturated heterocycles.